The van der Waals surface area contributed by atoms with Crippen LogP contribution in [0.5, 0.6) is 5.75 Å². The van der Waals surface area contributed by atoms with Crippen LogP contribution in [0.15, 0.2) is 36.0 Å². The highest BCUT2D eigenvalue weighted by Crippen LogP contribution is 2.28. The van der Waals surface area contributed by atoms with E-state index in [1.54, 1.807) is 13.2 Å². The van der Waals surface area contributed by atoms with Gasteiger partial charge in [-0.3, -0.25) is 4.79 Å². The maximum Gasteiger partial charge on any atom is 0.310 e. The summed E-state index contributed by atoms with van der Waals surface area (Å²) in [6.07, 6.45) is 2.30. The van der Waals surface area contributed by atoms with Crippen LogP contribution >= 0.6 is 0 Å². The van der Waals surface area contributed by atoms with Crippen LogP contribution < -0.4 is 9.64 Å². The van der Waals surface area contributed by atoms with E-state index in [0.29, 0.717) is 18.7 Å². The van der Waals surface area contributed by atoms with Gasteiger partial charge in [-0.15, -0.1) is 0 Å². The third kappa shape index (κ3) is 2.75. The van der Waals surface area contributed by atoms with Gasteiger partial charge in [0.2, 0.25) is 0 Å². The van der Waals surface area contributed by atoms with E-state index >= 15 is 0 Å². The van der Waals surface area contributed by atoms with Crippen LogP contribution in [0.4, 0.5) is 5.69 Å². The van der Waals surface area contributed by atoms with Crippen LogP contribution in [0.1, 0.15) is 6.42 Å². The second-order valence-electron chi connectivity index (χ2n) is 4.47. The number of hydrogen-bond donors (Lipinski definition) is 0. The van der Waals surface area contributed by atoms with Gasteiger partial charge in [-0.1, -0.05) is 0 Å². The monoisotopic (exact) mass is 272 g/mol. The highest BCUT2D eigenvalue weighted by atomic mass is 16.5. The van der Waals surface area contributed by atoms with Crippen LogP contribution in [0.3, 0.4) is 0 Å². The number of anilines is 1. The lowest BCUT2D eigenvalue weighted by atomic mass is 9.99. The Morgan fingerprint density at radius 2 is 2.05 bits per heavy atom. The van der Waals surface area contributed by atoms with E-state index in [0.717, 1.165) is 11.4 Å². The summed E-state index contributed by atoms with van der Waals surface area (Å²) in [5.74, 6) is 0.244. The van der Waals surface area contributed by atoms with Gasteiger partial charge in [0.25, 0.3) is 0 Å². The van der Waals surface area contributed by atoms with Crippen LogP contribution in [0.2, 0.25) is 0 Å². The molecule has 1 heterocycles. The quantitative estimate of drug-likeness (QED) is 0.788. The van der Waals surface area contributed by atoms with Gasteiger partial charge in [-0.25, -0.2) is 0 Å². The average molecular weight is 272 g/mol. The lowest BCUT2D eigenvalue weighted by Crippen LogP contribution is -2.36. The number of nitrogens with zero attached hydrogens (tertiary/aromatic N) is 2. The van der Waals surface area contributed by atoms with Gasteiger partial charge in [0, 0.05) is 12.2 Å². The average Bonchev–Trinajstić information content (AvgIpc) is 2.53. The fraction of sp³-hybridized carbons (Fsp3) is 0.333. The molecule has 20 heavy (non-hydrogen) atoms. The fourth-order valence-electron chi connectivity index (χ4n) is 2.21. The van der Waals surface area contributed by atoms with Crippen LogP contribution in [0.25, 0.3) is 0 Å². The number of allylic oxidation sites excluding steroid dienone is 2. The zero-order valence-corrected chi connectivity index (χ0v) is 11.5. The number of esters is 1. The SMILES string of the molecule is COC(=O)C1CC=C(C#N)N(c2ccc(OC)cc2)C1. The Morgan fingerprint density at radius 3 is 2.60 bits per heavy atom. The highest BCUT2D eigenvalue weighted by Gasteiger charge is 2.28. The molecule has 2 rings (SSSR count). The molecule has 0 aliphatic carbocycles. The molecular weight excluding hydrogens is 256 g/mol. The number of ether oxygens (including phenoxy) is 2. The molecule has 0 bridgehead atoms. The Bertz CT molecular complexity index is 557. The first-order valence-corrected chi connectivity index (χ1v) is 6.29. The van der Waals surface area contributed by atoms with E-state index in [2.05, 4.69) is 6.07 Å². The molecule has 0 radical (unpaired) electrons. The molecule has 0 spiro atoms. The zero-order chi connectivity index (χ0) is 14.5. The molecular formula is C15H16N2O3. The predicted molar refractivity (Wildman–Crippen MR) is 74.2 cm³/mol. The minimum absolute atomic E-state index is 0.251. The summed E-state index contributed by atoms with van der Waals surface area (Å²) in [5, 5.41) is 9.20. The van der Waals surface area contributed by atoms with Crippen molar-refractivity contribution in [2.24, 2.45) is 5.92 Å². The summed E-state index contributed by atoms with van der Waals surface area (Å²) in [7, 11) is 2.98. The van der Waals surface area contributed by atoms with E-state index in [1.807, 2.05) is 29.2 Å². The van der Waals surface area contributed by atoms with Crippen molar-refractivity contribution in [1.29, 1.82) is 5.26 Å². The van der Waals surface area contributed by atoms with Gasteiger partial charge < -0.3 is 14.4 Å². The third-order valence-electron chi connectivity index (χ3n) is 3.32. The molecule has 1 aliphatic rings. The minimum atomic E-state index is -0.253. The minimum Gasteiger partial charge on any atom is -0.497 e. The Kier molecular flexibility index (Phi) is 4.26. The van der Waals surface area contributed by atoms with Crippen molar-refractivity contribution in [1.82, 2.24) is 0 Å². The van der Waals surface area contributed by atoms with Crippen molar-refractivity contribution in [2.45, 2.75) is 6.42 Å². The molecule has 5 nitrogen and oxygen atoms in total. The Balaban J connectivity index is 2.26. The first-order chi connectivity index (χ1) is 9.69. The number of hydrogen-bond acceptors (Lipinski definition) is 5. The molecule has 5 heteroatoms. The lowest BCUT2D eigenvalue weighted by molar-refractivity contribution is -0.145. The van der Waals surface area contributed by atoms with Crippen LogP contribution in [-0.2, 0) is 9.53 Å². The molecule has 1 aromatic rings. The van der Waals surface area contributed by atoms with E-state index in [1.165, 1.54) is 7.11 Å². The smallest absolute Gasteiger partial charge is 0.310 e. The summed E-state index contributed by atoms with van der Waals surface area (Å²) >= 11 is 0. The molecule has 0 N–H and O–H groups in total. The van der Waals surface area contributed by atoms with Gasteiger partial charge >= 0.3 is 5.97 Å². The second-order valence-corrected chi connectivity index (χ2v) is 4.47. The number of carbonyl (C=O) groups excluding carboxylic acids is 1. The number of carbonyl (C=O) groups is 1. The van der Waals surface area contributed by atoms with E-state index in [-0.39, 0.29) is 11.9 Å². The number of nitriles is 1. The van der Waals surface area contributed by atoms with E-state index in [9.17, 15) is 10.1 Å². The largest absolute Gasteiger partial charge is 0.497 e. The molecule has 0 aromatic heterocycles. The summed E-state index contributed by atoms with van der Waals surface area (Å²) in [5.41, 5.74) is 1.41. The lowest BCUT2D eigenvalue weighted by Gasteiger charge is -2.31. The first kappa shape index (κ1) is 13.9. The predicted octanol–water partition coefficient (Wildman–Crippen LogP) is 2.10. The normalized spacial score (nSPS) is 17.9. The van der Waals surface area contributed by atoms with Gasteiger partial charge in [-0.2, -0.15) is 5.26 Å². The molecule has 104 valence electrons. The summed E-state index contributed by atoms with van der Waals surface area (Å²) in [4.78, 5) is 13.5. The third-order valence-corrected chi connectivity index (χ3v) is 3.32. The Labute approximate surface area is 118 Å². The fourth-order valence-corrected chi connectivity index (χ4v) is 2.21. The van der Waals surface area contributed by atoms with Crippen molar-refractivity contribution < 1.29 is 14.3 Å². The van der Waals surface area contributed by atoms with Gasteiger partial charge in [0.1, 0.15) is 17.5 Å². The number of methoxy groups -OCH3 is 2. The maximum absolute atomic E-state index is 11.7. The van der Waals surface area contributed by atoms with Gasteiger partial charge in [-0.05, 0) is 36.8 Å². The molecule has 1 aliphatic heterocycles. The summed E-state index contributed by atoms with van der Waals surface area (Å²) in [6, 6.07) is 9.54. The van der Waals surface area contributed by atoms with Gasteiger partial charge in [0.15, 0.2) is 0 Å². The molecule has 1 atom stereocenters. The number of rotatable bonds is 3. The van der Waals surface area contributed by atoms with Crippen molar-refractivity contribution in [2.75, 3.05) is 25.7 Å². The molecule has 0 amide bonds. The van der Waals surface area contributed by atoms with Crippen molar-refractivity contribution in [3.63, 3.8) is 0 Å². The van der Waals surface area contributed by atoms with E-state index in [4.69, 9.17) is 9.47 Å². The zero-order valence-electron chi connectivity index (χ0n) is 11.5. The van der Waals surface area contributed by atoms with Gasteiger partial charge in [0.05, 0.1) is 20.1 Å². The molecule has 1 unspecified atom stereocenters. The van der Waals surface area contributed by atoms with Crippen LogP contribution in [0, 0.1) is 17.2 Å². The summed E-state index contributed by atoms with van der Waals surface area (Å²) < 4.78 is 9.90. The molecule has 0 saturated carbocycles. The first-order valence-electron chi connectivity index (χ1n) is 6.29. The molecule has 0 saturated heterocycles. The number of benzene rings is 1. The van der Waals surface area contributed by atoms with Crippen molar-refractivity contribution in [3.8, 4) is 11.8 Å². The topological polar surface area (TPSA) is 62.6 Å². The maximum atomic E-state index is 11.7. The molecule has 0 fully saturated rings. The van der Waals surface area contributed by atoms with Crippen LogP contribution in [-0.4, -0.2) is 26.7 Å². The highest BCUT2D eigenvalue weighted by molar-refractivity contribution is 5.75. The molecule has 1 aromatic carbocycles. The summed E-state index contributed by atoms with van der Waals surface area (Å²) in [6.45, 7) is 0.443. The second kappa shape index (κ2) is 6.11. The standard InChI is InChI=1S/C15H16N2O3/c1-19-14-7-5-12(6-8-14)17-10-11(15(18)20-2)3-4-13(17)9-16/h4-8,11H,3,10H2,1-2H3. The Morgan fingerprint density at radius 1 is 1.35 bits per heavy atom. The Hall–Kier alpha value is -2.48. The van der Waals surface area contributed by atoms with Crippen molar-refractivity contribution >= 4 is 11.7 Å². The van der Waals surface area contributed by atoms with Crippen molar-refractivity contribution in [3.05, 3.63) is 36.0 Å². The van der Waals surface area contributed by atoms with E-state index < -0.39 is 0 Å².